The Morgan fingerprint density at radius 3 is 2.79 bits per heavy atom. The van der Waals surface area contributed by atoms with Gasteiger partial charge in [0.25, 0.3) is 5.91 Å². The summed E-state index contributed by atoms with van der Waals surface area (Å²) in [7, 11) is 0. The molecule has 0 bridgehead atoms. The smallest absolute Gasteiger partial charge is 0.283 e. The van der Waals surface area contributed by atoms with Crippen molar-refractivity contribution in [1.82, 2.24) is 5.01 Å². The molecule has 28 heavy (non-hydrogen) atoms. The van der Waals surface area contributed by atoms with Gasteiger partial charge in [0.15, 0.2) is 5.84 Å². The molecular weight excluding hydrogens is 396 g/mol. The molecule has 1 amide bonds. The zero-order chi connectivity index (χ0) is 20.0. The number of carbonyl (C=O) groups is 1. The Morgan fingerprint density at radius 2 is 2.07 bits per heavy atom. The van der Waals surface area contributed by atoms with Crippen LogP contribution in [-0.2, 0) is 4.79 Å². The average Bonchev–Trinajstić information content (AvgIpc) is 3.28. The van der Waals surface area contributed by atoms with Gasteiger partial charge in [-0.2, -0.15) is 15.1 Å². The highest BCUT2D eigenvalue weighted by molar-refractivity contribution is 8.27. The van der Waals surface area contributed by atoms with Gasteiger partial charge in [0.2, 0.25) is 5.17 Å². The largest absolute Gasteiger partial charge is 0.457 e. The van der Waals surface area contributed by atoms with Crippen molar-refractivity contribution in [3.63, 3.8) is 0 Å². The fourth-order valence-corrected chi connectivity index (χ4v) is 3.79. The first-order valence-electron chi connectivity index (χ1n) is 8.70. The van der Waals surface area contributed by atoms with Crippen molar-refractivity contribution in [1.29, 1.82) is 5.41 Å². The van der Waals surface area contributed by atoms with E-state index in [-0.39, 0.29) is 17.3 Å². The average molecular weight is 413 g/mol. The van der Waals surface area contributed by atoms with E-state index in [1.165, 1.54) is 22.8 Å². The number of nitrogens with one attached hydrogen (secondary N) is 1. The Morgan fingerprint density at radius 1 is 1.29 bits per heavy atom. The van der Waals surface area contributed by atoms with Crippen molar-refractivity contribution in [2.24, 2.45) is 16.0 Å². The van der Waals surface area contributed by atoms with E-state index >= 15 is 0 Å². The second-order valence-electron chi connectivity index (χ2n) is 6.78. The first kappa shape index (κ1) is 18.7. The SMILES string of the molecule is Cc1ccc(-c2ccc(C=C3C(=N)N4N=C(C(C)C)SC4=NC3=O)o2)cc1Cl. The summed E-state index contributed by atoms with van der Waals surface area (Å²) in [5.74, 6) is 0.806. The predicted molar refractivity (Wildman–Crippen MR) is 114 cm³/mol. The molecule has 8 heteroatoms. The first-order chi connectivity index (χ1) is 13.3. The van der Waals surface area contributed by atoms with Crippen molar-refractivity contribution in [3.8, 4) is 11.3 Å². The summed E-state index contributed by atoms with van der Waals surface area (Å²) in [6, 6.07) is 9.23. The van der Waals surface area contributed by atoms with Crippen molar-refractivity contribution in [2.45, 2.75) is 20.8 Å². The number of amidine groups is 2. The zero-order valence-corrected chi connectivity index (χ0v) is 17.1. The minimum absolute atomic E-state index is 0.00511. The minimum atomic E-state index is -0.472. The Labute approximate surface area is 171 Å². The summed E-state index contributed by atoms with van der Waals surface area (Å²) in [4.78, 5) is 16.5. The summed E-state index contributed by atoms with van der Waals surface area (Å²) in [5.41, 5.74) is 1.97. The van der Waals surface area contributed by atoms with E-state index in [9.17, 15) is 4.79 Å². The number of benzene rings is 1. The lowest BCUT2D eigenvalue weighted by Crippen LogP contribution is -2.35. The third-order valence-corrected chi connectivity index (χ3v) is 5.95. The molecule has 1 aromatic heterocycles. The molecule has 0 radical (unpaired) electrons. The molecule has 0 aliphatic carbocycles. The van der Waals surface area contributed by atoms with E-state index < -0.39 is 5.91 Å². The number of rotatable bonds is 3. The minimum Gasteiger partial charge on any atom is -0.457 e. The summed E-state index contributed by atoms with van der Waals surface area (Å²) < 4.78 is 5.84. The van der Waals surface area contributed by atoms with Gasteiger partial charge < -0.3 is 4.42 Å². The molecule has 2 aromatic rings. The quantitative estimate of drug-likeness (QED) is 0.704. The molecule has 3 heterocycles. The van der Waals surface area contributed by atoms with Gasteiger partial charge in [0.05, 0.1) is 5.57 Å². The maximum absolute atomic E-state index is 12.4. The highest BCUT2D eigenvalue weighted by Gasteiger charge is 2.36. The Kier molecular flexibility index (Phi) is 4.72. The van der Waals surface area contributed by atoms with Crippen LogP contribution >= 0.6 is 23.4 Å². The number of amides is 1. The number of aryl methyl sites for hydroxylation is 1. The Hall–Kier alpha value is -2.64. The molecular formula is C20H17ClN4O2S. The standard InChI is InChI=1S/C20H17ClN4O2S/c1-10(2)19-24-25-17(22)14(18(26)23-20(25)28-19)9-13-6-7-16(27-13)12-5-4-11(3)15(21)8-12/h4-10,22H,1-3H3. The van der Waals surface area contributed by atoms with Crippen molar-refractivity contribution < 1.29 is 9.21 Å². The van der Waals surface area contributed by atoms with Crippen LogP contribution in [0.25, 0.3) is 17.4 Å². The topological polar surface area (TPSA) is 82.0 Å². The van der Waals surface area contributed by atoms with Crippen LogP contribution < -0.4 is 0 Å². The molecule has 0 spiro atoms. The number of hydrazone groups is 1. The van der Waals surface area contributed by atoms with Crippen molar-refractivity contribution in [2.75, 3.05) is 0 Å². The number of halogens is 1. The molecule has 0 fully saturated rings. The number of hydrogen-bond acceptors (Lipinski definition) is 5. The molecule has 2 aliphatic rings. The Balaban J connectivity index is 1.65. The third kappa shape index (κ3) is 3.31. The molecule has 0 saturated heterocycles. The molecule has 142 valence electrons. The first-order valence-corrected chi connectivity index (χ1v) is 9.89. The lowest BCUT2D eigenvalue weighted by Gasteiger charge is -2.19. The fourth-order valence-electron chi connectivity index (χ4n) is 2.71. The number of nitrogens with zero attached hydrogens (tertiary/aromatic N) is 3. The molecule has 0 saturated carbocycles. The van der Waals surface area contributed by atoms with Crippen LogP contribution in [0.15, 0.2) is 50.4 Å². The lowest BCUT2D eigenvalue weighted by molar-refractivity contribution is -0.114. The van der Waals surface area contributed by atoms with E-state index in [4.69, 9.17) is 21.4 Å². The van der Waals surface area contributed by atoms with E-state index in [0.717, 1.165) is 16.2 Å². The van der Waals surface area contributed by atoms with Crippen LogP contribution in [0.3, 0.4) is 0 Å². The Bertz CT molecular complexity index is 1100. The van der Waals surface area contributed by atoms with Gasteiger partial charge in [-0.15, -0.1) is 0 Å². The van der Waals surface area contributed by atoms with Gasteiger partial charge >= 0.3 is 0 Å². The lowest BCUT2D eigenvalue weighted by atomic mass is 10.1. The normalized spacial score (nSPS) is 18.0. The van der Waals surface area contributed by atoms with Crippen LogP contribution in [0.2, 0.25) is 5.02 Å². The number of carbonyl (C=O) groups excluding carboxylic acids is 1. The molecule has 0 unspecified atom stereocenters. The molecule has 1 N–H and O–H groups in total. The number of aliphatic imine (C=N–C) groups is 1. The van der Waals surface area contributed by atoms with Crippen molar-refractivity contribution in [3.05, 3.63) is 52.3 Å². The molecule has 0 atom stereocenters. The van der Waals surface area contributed by atoms with Gasteiger partial charge in [-0.05, 0) is 48.5 Å². The monoisotopic (exact) mass is 412 g/mol. The van der Waals surface area contributed by atoms with Crippen LogP contribution in [-0.4, -0.2) is 27.0 Å². The zero-order valence-electron chi connectivity index (χ0n) is 15.5. The predicted octanol–water partition coefficient (Wildman–Crippen LogP) is 5.18. The highest BCUT2D eigenvalue weighted by Crippen LogP contribution is 2.32. The van der Waals surface area contributed by atoms with Gasteiger partial charge in [-0.25, -0.2) is 0 Å². The molecule has 2 aliphatic heterocycles. The van der Waals surface area contributed by atoms with Gasteiger partial charge in [0, 0.05) is 16.5 Å². The van der Waals surface area contributed by atoms with Gasteiger partial charge in [0.1, 0.15) is 16.6 Å². The maximum atomic E-state index is 12.4. The van der Waals surface area contributed by atoms with Gasteiger partial charge in [-0.3, -0.25) is 10.2 Å². The van der Waals surface area contributed by atoms with Crippen molar-refractivity contribution >= 4 is 51.4 Å². The molecule has 6 nitrogen and oxygen atoms in total. The maximum Gasteiger partial charge on any atom is 0.283 e. The molecule has 4 rings (SSSR count). The highest BCUT2D eigenvalue weighted by atomic mass is 35.5. The summed E-state index contributed by atoms with van der Waals surface area (Å²) in [6.07, 6.45) is 1.53. The van der Waals surface area contributed by atoms with E-state index in [2.05, 4.69) is 10.1 Å². The summed E-state index contributed by atoms with van der Waals surface area (Å²) in [5, 5.41) is 16.1. The summed E-state index contributed by atoms with van der Waals surface area (Å²) >= 11 is 7.51. The van der Waals surface area contributed by atoms with Crippen LogP contribution in [0, 0.1) is 18.3 Å². The number of hydrogen-bond donors (Lipinski definition) is 1. The van der Waals surface area contributed by atoms with Crippen LogP contribution in [0.1, 0.15) is 25.2 Å². The van der Waals surface area contributed by atoms with Crippen LogP contribution in [0.5, 0.6) is 0 Å². The van der Waals surface area contributed by atoms with E-state index in [1.807, 2.05) is 39.0 Å². The summed E-state index contributed by atoms with van der Waals surface area (Å²) in [6.45, 7) is 5.95. The number of thioether (sulfide) groups is 1. The second-order valence-corrected chi connectivity index (χ2v) is 8.17. The third-order valence-electron chi connectivity index (χ3n) is 4.33. The number of furan rings is 1. The fraction of sp³-hybridized carbons (Fsp3) is 0.200. The van der Waals surface area contributed by atoms with Gasteiger partial charge in [-0.1, -0.05) is 37.6 Å². The molecule has 1 aromatic carbocycles. The second kappa shape index (κ2) is 7.07. The van der Waals surface area contributed by atoms with E-state index in [1.54, 1.807) is 12.1 Å². The van der Waals surface area contributed by atoms with Crippen LogP contribution in [0.4, 0.5) is 0 Å². The van der Waals surface area contributed by atoms with E-state index in [0.29, 0.717) is 21.7 Å². The number of fused-ring (bicyclic) bond motifs is 1.